The third kappa shape index (κ3) is 2.19. The summed E-state index contributed by atoms with van der Waals surface area (Å²) in [7, 11) is 2.01. The highest BCUT2D eigenvalue weighted by Gasteiger charge is 2.48. The van der Waals surface area contributed by atoms with Crippen LogP contribution in [0.25, 0.3) is 0 Å². The van der Waals surface area contributed by atoms with Crippen LogP contribution in [0.3, 0.4) is 0 Å². The van der Waals surface area contributed by atoms with Crippen molar-refractivity contribution >= 4 is 17.4 Å². The molecule has 5 rings (SSSR count). The summed E-state index contributed by atoms with van der Waals surface area (Å²) in [5, 5.41) is 1.98. The average Bonchev–Trinajstić information content (AvgIpc) is 3.02. The number of para-hydroxylation sites is 2. The summed E-state index contributed by atoms with van der Waals surface area (Å²) in [5.41, 5.74) is 3.14. The molecule has 3 aliphatic heterocycles. The number of benzene rings is 2. The van der Waals surface area contributed by atoms with E-state index in [0.717, 1.165) is 24.3 Å². The lowest BCUT2D eigenvalue weighted by Crippen LogP contribution is -2.55. The lowest BCUT2D eigenvalue weighted by atomic mass is 9.84. The molecule has 5 nitrogen and oxygen atoms in total. The van der Waals surface area contributed by atoms with Gasteiger partial charge in [0, 0.05) is 25.6 Å². The molecule has 0 bridgehead atoms. The van der Waals surface area contributed by atoms with Crippen LogP contribution >= 0.6 is 0 Å². The van der Waals surface area contributed by atoms with E-state index in [4.69, 9.17) is 4.84 Å². The first kappa shape index (κ1) is 14.9. The molecule has 2 aromatic carbocycles. The number of piperidine rings is 1. The summed E-state index contributed by atoms with van der Waals surface area (Å²) >= 11 is 0. The van der Waals surface area contributed by atoms with Crippen molar-refractivity contribution in [2.45, 2.75) is 18.5 Å². The first-order valence-electron chi connectivity index (χ1n) is 8.84. The Kier molecular flexibility index (Phi) is 3.33. The quantitative estimate of drug-likeness (QED) is 0.799. The van der Waals surface area contributed by atoms with Gasteiger partial charge in [-0.05, 0) is 30.2 Å². The molecule has 25 heavy (non-hydrogen) atoms. The maximum atomic E-state index is 13.4. The molecule has 5 heteroatoms. The molecule has 0 unspecified atom stereocenters. The van der Waals surface area contributed by atoms with E-state index < -0.39 is 0 Å². The number of hydrogen-bond acceptors (Lipinski definition) is 3. The highest BCUT2D eigenvalue weighted by Crippen LogP contribution is 2.47. The molecule has 0 saturated carbocycles. The first-order chi connectivity index (χ1) is 12.2. The summed E-state index contributed by atoms with van der Waals surface area (Å²) in [4.78, 5) is 23.0. The molecule has 3 heterocycles. The summed E-state index contributed by atoms with van der Waals surface area (Å²) in [5.74, 6) is 0.382. The average molecular weight is 335 g/mol. The summed E-state index contributed by atoms with van der Waals surface area (Å²) in [6.07, 6.45) is 0.923. The Labute approximate surface area is 147 Å². The van der Waals surface area contributed by atoms with Crippen LogP contribution in [0.15, 0.2) is 54.6 Å². The van der Waals surface area contributed by atoms with E-state index in [1.54, 1.807) is 0 Å². The van der Waals surface area contributed by atoms with Gasteiger partial charge in [0.15, 0.2) is 0 Å². The zero-order chi connectivity index (χ0) is 17.0. The molecule has 2 aromatic rings. The number of hydrogen-bond donors (Lipinski definition) is 0. The van der Waals surface area contributed by atoms with Crippen molar-refractivity contribution in [1.29, 1.82) is 0 Å². The minimum absolute atomic E-state index is 0.0721. The van der Waals surface area contributed by atoms with Crippen molar-refractivity contribution in [2.24, 2.45) is 5.92 Å². The van der Waals surface area contributed by atoms with Gasteiger partial charge in [0.05, 0.1) is 24.0 Å². The first-order valence-corrected chi connectivity index (χ1v) is 8.84. The molecule has 2 amide bonds. The van der Waals surface area contributed by atoms with Crippen LogP contribution in [-0.4, -0.2) is 42.2 Å². The second kappa shape index (κ2) is 5.58. The smallest absolute Gasteiger partial charge is 0.316 e. The molecule has 2 fully saturated rings. The van der Waals surface area contributed by atoms with Crippen LogP contribution in [0.2, 0.25) is 0 Å². The fraction of sp³-hybridized carbons (Fsp3) is 0.350. The SMILES string of the molecule is CN1OC[C@@H]2CN3C(=O)N(c4ccccc4)c4ccccc4[C@@H]3C[C@@H]21. The van der Waals surface area contributed by atoms with Crippen LogP contribution in [0, 0.1) is 5.92 Å². The van der Waals surface area contributed by atoms with Gasteiger partial charge in [-0.15, -0.1) is 0 Å². The molecular weight excluding hydrogens is 314 g/mol. The molecule has 0 spiro atoms. The van der Waals surface area contributed by atoms with E-state index in [0.29, 0.717) is 18.6 Å². The van der Waals surface area contributed by atoms with Crippen LogP contribution in [-0.2, 0) is 4.84 Å². The zero-order valence-corrected chi connectivity index (χ0v) is 14.2. The summed E-state index contributed by atoms with van der Waals surface area (Å²) in [6.45, 7) is 1.45. The fourth-order valence-corrected chi connectivity index (χ4v) is 4.51. The zero-order valence-electron chi connectivity index (χ0n) is 14.2. The Bertz CT molecular complexity index is 810. The Morgan fingerprint density at radius 3 is 2.64 bits per heavy atom. The third-order valence-corrected chi connectivity index (χ3v) is 5.76. The van der Waals surface area contributed by atoms with Crippen molar-refractivity contribution in [1.82, 2.24) is 9.96 Å². The molecule has 3 atom stereocenters. The van der Waals surface area contributed by atoms with Crippen molar-refractivity contribution in [3.05, 3.63) is 60.2 Å². The van der Waals surface area contributed by atoms with E-state index >= 15 is 0 Å². The van der Waals surface area contributed by atoms with Crippen molar-refractivity contribution < 1.29 is 9.63 Å². The van der Waals surface area contributed by atoms with E-state index in [1.165, 1.54) is 5.56 Å². The number of hydroxylamine groups is 2. The van der Waals surface area contributed by atoms with Crippen molar-refractivity contribution in [3.63, 3.8) is 0 Å². The molecule has 128 valence electrons. The van der Waals surface area contributed by atoms with E-state index in [1.807, 2.05) is 58.3 Å². The predicted octanol–water partition coefficient (Wildman–Crippen LogP) is 3.57. The predicted molar refractivity (Wildman–Crippen MR) is 95.5 cm³/mol. The number of carbonyl (C=O) groups is 1. The number of urea groups is 1. The second-order valence-corrected chi connectivity index (χ2v) is 7.09. The minimum Gasteiger partial charge on any atom is -0.316 e. The van der Waals surface area contributed by atoms with Gasteiger partial charge in [0.25, 0.3) is 0 Å². The number of anilines is 2. The van der Waals surface area contributed by atoms with Gasteiger partial charge >= 0.3 is 6.03 Å². The molecule has 3 aliphatic rings. The largest absolute Gasteiger partial charge is 0.329 e. The normalized spacial score (nSPS) is 28.5. The lowest BCUT2D eigenvalue weighted by molar-refractivity contribution is -0.113. The van der Waals surface area contributed by atoms with Gasteiger partial charge in [-0.3, -0.25) is 9.74 Å². The Balaban J connectivity index is 1.62. The van der Waals surface area contributed by atoms with Gasteiger partial charge in [-0.1, -0.05) is 36.4 Å². The van der Waals surface area contributed by atoms with Crippen LogP contribution < -0.4 is 4.90 Å². The number of amides is 2. The molecule has 0 aliphatic carbocycles. The van der Waals surface area contributed by atoms with Crippen molar-refractivity contribution in [3.8, 4) is 0 Å². The number of nitrogens with zero attached hydrogens (tertiary/aromatic N) is 3. The Morgan fingerprint density at radius 2 is 1.80 bits per heavy atom. The third-order valence-electron chi connectivity index (χ3n) is 5.76. The molecule has 2 saturated heterocycles. The van der Waals surface area contributed by atoms with Crippen LogP contribution in [0.4, 0.5) is 16.2 Å². The van der Waals surface area contributed by atoms with Crippen LogP contribution in [0.5, 0.6) is 0 Å². The van der Waals surface area contributed by atoms with Gasteiger partial charge < -0.3 is 4.90 Å². The minimum atomic E-state index is 0.0721. The summed E-state index contributed by atoms with van der Waals surface area (Å²) in [6, 6.07) is 18.8. The van der Waals surface area contributed by atoms with E-state index in [-0.39, 0.29) is 12.1 Å². The highest BCUT2D eigenvalue weighted by atomic mass is 16.7. The molecule has 0 aromatic heterocycles. The maximum absolute atomic E-state index is 13.4. The standard InChI is InChI=1S/C20H21N3O2/c1-21-18-11-19-16-9-5-6-10-17(16)23(15-7-3-2-4-8-15)20(24)22(19)12-14(18)13-25-21/h2-10,14,18-19H,11-13H2,1H3/t14-,18-,19-/m0/s1. The maximum Gasteiger partial charge on any atom is 0.329 e. The van der Waals surface area contributed by atoms with Gasteiger partial charge in [0.2, 0.25) is 0 Å². The molecule has 0 N–H and O–H groups in total. The van der Waals surface area contributed by atoms with Crippen LogP contribution in [0.1, 0.15) is 18.0 Å². The van der Waals surface area contributed by atoms with E-state index in [2.05, 4.69) is 18.2 Å². The lowest BCUT2D eigenvalue weighted by Gasteiger charge is -2.48. The van der Waals surface area contributed by atoms with Gasteiger partial charge in [-0.25, -0.2) is 4.79 Å². The topological polar surface area (TPSA) is 36.0 Å². The monoisotopic (exact) mass is 335 g/mol. The number of carbonyl (C=O) groups excluding carboxylic acids is 1. The number of rotatable bonds is 1. The molecular formula is C20H21N3O2. The van der Waals surface area contributed by atoms with Gasteiger partial charge in [0.1, 0.15) is 0 Å². The Hall–Kier alpha value is -2.37. The highest BCUT2D eigenvalue weighted by molar-refractivity contribution is 6.02. The number of fused-ring (bicyclic) bond motifs is 4. The van der Waals surface area contributed by atoms with Gasteiger partial charge in [-0.2, -0.15) is 5.06 Å². The van der Waals surface area contributed by atoms with E-state index in [9.17, 15) is 4.79 Å². The molecule has 0 radical (unpaired) electrons. The van der Waals surface area contributed by atoms with Crippen molar-refractivity contribution in [2.75, 3.05) is 25.1 Å². The Morgan fingerprint density at radius 1 is 1.04 bits per heavy atom. The fourth-order valence-electron chi connectivity index (χ4n) is 4.51. The summed E-state index contributed by atoms with van der Waals surface area (Å²) < 4.78 is 0. The second-order valence-electron chi connectivity index (χ2n) is 7.09.